The Hall–Kier alpha value is -3.13. The van der Waals surface area contributed by atoms with Crippen molar-refractivity contribution in [3.05, 3.63) is 54.0 Å². The molecule has 4 rings (SSSR count). The van der Waals surface area contributed by atoms with E-state index >= 15 is 0 Å². The van der Waals surface area contributed by atoms with Gasteiger partial charge in [-0.05, 0) is 61.3 Å². The maximum atomic E-state index is 13.2. The fourth-order valence-electron chi connectivity index (χ4n) is 4.15. The van der Waals surface area contributed by atoms with Gasteiger partial charge in [0.1, 0.15) is 17.6 Å². The van der Waals surface area contributed by atoms with Gasteiger partial charge in [0.05, 0.1) is 31.7 Å². The Kier molecular flexibility index (Phi) is 5.85. The first-order chi connectivity index (χ1) is 14.6. The number of rotatable bonds is 6. The maximum Gasteiger partial charge on any atom is 0.257 e. The highest BCUT2D eigenvalue weighted by Gasteiger charge is 2.37. The fraction of sp³-hybridized carbons (Fsp3) is 0.409. The minimum atomic E-state index is -0.405. The van der Waals surface area contributed by atoms with Gasteiger partial charge in [-0.2, -0.15) is 5.10 Å². The molecule has 1 saturated heterocycles. The van der Waals surface area contributed by atoms with E-state index < -0.39 is 6.04 Å². The first kappa shape index (κ1) is 20.2. The zero-order valence-corrected chi connectivity index (χ0v) is 17.0. The number of hydrogen-bond acceptors (Lipinski definition) is 6. The number of furan rings is 1. The number of nitrogens with zero attached hydrogens (tertiary/aromatic N) is 3. The van der Waals surface area contributed by atoms with Crippen LogP contribution in [0.1, 0.15) is 43.0 Å². The summed E-state index contributed by atoms with van der Waals surface area (Å²) in [5, 5.41) is 6.13. The normalized spacial score (nSPS) is 22.0. The van der Waals surface area contributed by atoms with Gasteiger partial charge >= 0.3 is 0 Å². The van der Waals surface area contributed by atoms with Crippen LogP contribution >= 0.6 is 0 Å². The van der Waals surface area contributed by atoms with Crippen molar-refractivity contribution >= 4 is 17.5 Å². The molecule has 0 radical (unpaired) electrons. The highest BCUT2D eigenvalue weighted by Crippen LogP contribution is 2.33. The van der Waals surface area contributed by atoms with Gasteiger partial charge in [-0.1, -0.05) is 6.42 Å². The molecular weight excluding hydrogens is 384 g/mol. The third-order valence-corrected chi connectivity index (χ3v) is 5.74. The second-order valence-corrected chi connectivity index (χ2v) is 7.63. The zero-order valence-electron chi connectivity index (χ0n) is 17.0. The number of methoxy groups -OCH3 is 1. The summed E-state index contributed by atoms with van der Waals surface area (Å²) >= 11 is 0. The number of piperidine rings is 1. The molecular formula is C22H26N4O4. The summed E-state index contributed by atoms with van der Waals surface area (Å²) in [7, 11) is 1.62. The number of amides is 2. The molecule has 0 unspecified atom stereocenters. The second-order valence-electron chi connectivity index (χ2n) is 7.63. The van der Waals surface area contributed by atoms with Gasteiger partial charge in [-0.3, -0.25) is 14.5 Å². The monoisotopic (exact) mass is 410 g/mol. The molecule has 1 aromatic carbocycles. The van der Waals surface area contributed by atoms with Gasteiger partial charge in [0.25, 0.3) is 5.91 Å². The highest BCUT2D eigenvalue weighted by molar-refractivity contribution is 6.03. The predicted molar refractivity (Wildman–Crippen MR) is 111 cm³/mol. The summed E-state index contributed by atoms with van der Waals surface area (Å²) in [6.07, 6.45) is 4.71. The third kappa shape index (κ3) is 4.09. The van der Waals surface area contributed by atoms with Gasteiger partial charge in [-0.15, -0.1) is 0 Å². The molecule has 30 heavy (non-hydrogen) atoms. The molecule has 2 aromatic rings. The molecule has 1 aromatic heterocycles. The fourth-order valence-corrected chi connectivity index (χ4v) is 4.15. The van der Waals surface area contributed by atoms with Crippen LogP contribution in [-0.2, 0) is 9.59 Å². The van der Waals surface area contributed by atoms with Crippen LogP contribution in [0.25, 0.3) is 0 Å². The van der Waals surface area contributed by atoms with Crippen LogP contribution in [0.4, 0.5) is 0 Å². The van der Waals surface area contributed by atoms with Gasteiger partial charge in [0.2, 0.25) is 5.91 Å². The molecule has 2 amide bonds. The number of carbonyl (C=O) groups excluding carboxylic acids is 2. The van der Waals surface area contributed by atoms with Crippen molar-refractivity contribution < 1.29 is 18.7 Å². The number of ether oxygens (including phenoxy) is 1. The van der Waals surface area contributed by atoms with E-state index in [-0.39, 0.29) is 24.4 Å². The molecule has 1 fully saturated rings. The number of carbonyl (C=O) groups is 2. The van der Waals surface area contributed by atoms with Crippen LogP contribution in [0.5, 0.6) is 5.75 Å². The summed E-state index contributed by atoms with van der Waals surface area (Å²) < 4.78 is 10.8. The van der Waals surface area contributed by atoms with Crippen molar-refractivity contribution in [2.45, 2.75) is 37.8 Å². The lowest BCUT2D eigenvalue weighted by Gasteiger charge is -2.34. The topological polar surface area (TPSA) is 101 Å². The van der Waals surface area contributed by atoms with Crippen LogP contribution in [0, 0.1) is 0 Å². The van der Waals surface area contributed by atoms with E-state index in [0.29, 0.717) is 25.1 Å². The van der Waals surface area contributed by atoms with Crippen molar-refractivity contribution in [3.63, 3.8) is 0 Å². The van der Waals surface area contributed by atoms with Crippen molar-refractivity contribution in [1.82, 2.24) is 9.91 Å². The molecule has 2 aliphatic heterocycles. The van der Waals surface area contributed by atoms with Crippen LogP contribution in [0.3, 0.4) is 0 Å². The zero-order chi connectivity index (χ0) is 21.1. The maximum absolute atomic E-state index is 13.2. The Balaban J connectivity index is 1.57. The first-order valence-electron chi connectivity index (χ1n) is 10.2. The molecule has 3 heterocycles. The number of hydrogen-bond donors (Lipinski definition) is 1. The van der Waals surface area contributed by atoms with Crippen LogP contribution in [-0.4, -0.2) is 53.7 Å². The summed E-state index contributed by atoms with van der Waals surface area (Å²) in [6, 6.07) is 10.5. The molecule has 0 spiro atoms. The van der Waals surface area contributed by atoms with Gasteiger partial charge in [-0.25, -0.2) is 5.01 Å². The van der Waals surface area contributed by atoms with E-state index in [1.807, 2.05) is 35.2 Å². The van der Waals surface area contributed by atoms with Crippen LogP contribution in [0.15, 0.2) is 52.2 Å². The minimum Gasteiger partial charge on any atom is -0.497 e. The summed E-state index contributed by atoms with van der Waals surface area (Å²) in [5.74, 6) is 0.887. The molecule has 158 valence electrons. The van der Waals surface area contributed by atoms with Gasteiger partial charge < -0.3 is 14.9 Å². The predicted octanol–water partition coefficient (Wildman–Crippen LogP) is 2.31. The second kappa shape index (κ2) is 8.71. The van der Waals surface area contributed by atoms with E-state index in [4.69, 9.17) is 14.9 Å². The average Bonchev–Trinajstić information content (AvgIpc) is 3.44. The van der Waals surface area contributed by atoms with E-state index in [2.05, 4.69) is 5.10 Å². The van der Waals surface area contributed by atoms with E-state index in [1.165, 1.54) is 5.01 Å². The molecule has 0 saturated carbocycles. The number of nitrogens with two attached hydrogens (primary N) is 1. The van der Waals surface area contributed by atoms with E-state index in [1.54, 1.807) is 19.4 Å². The van der Waals surface area contributed by atoms with Crippen molar-refractivity contribution in [2.24, 2.45) is 10.8 Å². The molecule has 0 bridgehead atoms. The van der Waals surface area contributed by atoms with E-state index in [9.17, 15) is 9.59 Å². The largest absolute Gasteiger partial charge is 0.497 e. The minimum absolute atomic E-state index is 0.101. The quantitative estimate of drug-likeness (QED) is 0.787. The number of likely N-dealkylation sites (tertiary alicyclic amines) is 1. The average molecular weight is 410 g/mol. The van der Waals surface area contributed by atoms with Gasteiger partial charge in [0, 0.05) is 6.42 Å². The molecule has 2 aliphatic rings. The molecule has 8 heteroatoms. The Morgan fingerprint density at radius 3 is 2.70 bits per heavy atom. The smallest absolute Gasteiger partial charge is 0.257 e. The van der Waals surface area contributed by atoms with E-state index in [0.717, 1.165) is 29.9 Å². The summed E-state index contributed by atoms with van der Waals surface area (Å²) in [4.78, 5) is 26.9. The number of hydrazone groups is 1. The molecule has 2 atom stereocenters. The SMILES string of the molecule is COc1ccc(C2=NN(C(=O)CN3CCCC[C@H]3C(N)=O)[C@@H](c3ccco3)C2)cc1. The number of benzene rings is 1. The Morgan fingerprint density at radius 1 is 1.23 bits per heavy atom. The Bertz CT molecular complexity index is 923. The van der Waals surface area contributed by atoms with Crippen molar-refractivity contribution in [3.8, 4) is 5.75 Å². The lowest BCUT2D eigenvalue weighted by molar-refractivity contribution is -0.137. The number of primary amides is 1. The standard InChI is InChI=1S/C22H26N4O4/c1-29-16-9-7-15(8-10-16)17-13-19(20-6-4-12-30-20)26(24-17)21(27)14-25-11-3-2-5-18(25)22(23)28/h4,6-10,12,18-19H,2-3,5,11,13-14H2,1H3,(H2,23,28)/t18-,19+/m0/s1. The Labute approximate surface area is 175 Å². The van der Waals surface area contributed by atoms with Crippen LogP contribution in [0.2, 0.25) is 0 Å². The lowest BCUT2D eigenvalue weighted by atomic mass is 10.0. The molecule has 0 aliphatic carbocycles. The van der Waals surface area contributed by atoms with Crippen LogP contribution < -0.4 is 10.5 Å². The highest BCUT2D eigenvalue weighted by atomic mass is 16.5. The summed E-state index contributed by atoms with van der Waals surface area (Å²) in [5.41, 5.74) is 7.28. The van der Waals surface area contributed by atoms with Gasteiger partial charge in [0.15, 0.2) is 0 Å². The lowest BCUT2D eigenvalue weighted by Crippen LogP contribution is -2.51. The summed E-state index contributed by atoms with van der Waals surface area (Å²) in [6.45, 7) is 0.776. The molecule has 2 N–H and O–H groups in total. The van der Waals surface area contributed by atoms with Crippen molar-refractivity contribution in [2.75, 3.05) is 20.2 Å². The van der Waals surface area contributed by atoms with Crippen molar-refractivity contribution in [1.29, 1.82) is 0 Å². The first-order valence-corrected chi connectivity index (χ1v) is 10.2. The third-order valence-electron chi connectivity index (χ3n) is 5.74. The molecule has 8 nitrogen and oxygen atoms in total. The Morgan fingerprint density at radius 2 is 2.03 bits per heavy atom.